The fourth-order valence-electron chi connectivity index (χ4n) is 2.34. The Labute approximate surface area is 117 Å². The molecule has 0 saturated heterocycles. The quantitative estimate of drug-likeness (QED) is 0.762. The van der Waals surface area contributed by atoms with Crippen molar-refractivity contribution in [2.24, 2.45) is 11.8 Å². The minimum atomic E-state index is -0.546. The van der Waals surface area contributed by atoms with Gasteiger partial charge in [-0.15, -0.1) is 0 Å². The molecule has 0 fully saturated rings. The number of benzene rings is 1. The predicted molar refractivity (Wildman–Crippen MR) is 80.1 cm³/mol. The summed E-state index contributed by atoms with van der Waals surface area (Å²) in [7, 11) is 0. The Morgan fingerprint density at radius 2 is 1.74 bits per heavy atom. The van der Waals surface area contributed by atoms with Gasteiger partial charge in [0.2, 0.25) is 0 Å². The third kappa shape index (κ3) is 5.33. The Kier molecular flexibility index (Phi) is 7.11. The van der Waals surface area contributed by atoms with Gasteiger partial charge in [-0.3, -0.25) is 0 Å². The molecule has 0 spiro atoms. The molecule has 0 aliphatic carbocycles. The zero-order valence-electron chi connectivity index (χ0n) is 12.7. The molecular formula is C17H28O2. The van der Waals surface area contributed by atoms with Crippen molar-refractivity contribution in [2.75, 3.05) is 6.61 Å². The molecule has 1 N–H and O–H groups in total. The molecule has 3 unspecified atom stereocenters. The van der Waals surface area contributed by atoms with Crippen LogP contribution in [0.2, 0.25) is 0 Å². The second-order valence-electron chi connectivity index (χ2n) is 5.79. The van der Waals surface area contributed by atoms with Crippen LogP contribution in [0.3, 0.4) is 0 Å². The minimum absolute atomic E-state index is 0.137. The number of hydrogen-bond donors (Lipinski definition) is 1. The smallest absolute Gasteiger partial charge is 0.105 e. The van der Waals surface area contributed by atoms with Gasteiger partial charge < -0.3 is 9.84 Å². The van der Waals surface area contributed by atoms with Crippen LogP contribution < -0.4 is 0 Å². The van der Waals surface area contributed by atoms with Crippen molar-refractivity contribution in [1.29, 1.82) is 0 Å². The molecule has 19 heavy (non-hydrogen) atoms. The van der Waals surface area contributed by atoms with Gasteiger partial charge in [0.1, 0.15) is 6.10 Å². The van der Waals surface area contributed by atoms with Crippen molar-refractivity contribution < 1.29 is 9.84 Å². The number of rotatable bonds is 8. The van der Waals surface area contributed by atoms with Crippen molar-refractivity contribution in [3.63, 3.8) is 0 Å². The minimum Gasteiger partial charge on any atom is -0.386 e. The Morgan fingerprint density at radius 3 is 2.26 bits per heavy atom. The molecule has 0 bridgehead atoms. The molecule has 1 aromatic rings. The topological polar surface area (TPSA) is 29.5 Å². The first kappa shape index (κ1) is 16.2. The molecule has 2 heteroatoms. The van der Waals surface area contributed by atoms with Crippen molar-refractivity contribution in [3.05, 3.63) is 35.9 Å². The lowest BCUT2D eigenvalue weighted by molar-refractivity contribution is -0.0730. The molecule has 1 aromatic carbocycles. The van der Waals surface area contributed by atoms with Gasteiger partial charge in [0.05, 0.1) is 6.10 Å². The summed E-state index contributed by atoms with van der Waals surface area (Å²) in [5, 5.41) is 10.5. The van der Waals surface area contributed by atoms with Crippen molar-refractivity contribution in [2.45, 2.75) is 52.7 Å². The van der Waals surface area contributed by atoms with Gasteiger partial charge in [-0.05, 0) is 23.8 Å². The summed E-state index contributed by atoms with van der Waals surface area (Å²) in [4.78, 5) is 0. The van der Waals surface area contributed by atoms with Crippen LogP contribution in [0.5, 0.6) is 0 Å². The van der Waals surface area contributed by atoms with E-state index in [2.05, 4.69) is 27.7 Å². The van der Waals surface area contributed by atoms with Gasteiger partial charge in [0.25, 0.3) is 0 Å². The van der Waals surface area contributed by atoms with E-state index in [1.807, 2.05) is 30.3 Å². The molecule has 108 valence electrons. The van der Waals surface area contributed by atoms with Gasteiger partial charge in [-0.1, -0.05) is 64.4 Å². The number of aliphatic hydroxyl groups excluding tert-OH is 1. The van der Waals surface area contributed by atoms with Crippen LogP contribution in [-0.4, -0.2) is 17.8 Å². The fraction of sp³-hybridized carbons (Fsp3) is 0.647. The van der Waals surface area contributed by atoms with Crippen LogP contribution in [0.4, 0.5) is 0 Å². The maximum atomic E-state index is 10.5. The molecule has 1 rings (SSSR count). The second kappa shape index (κ2) is 8.34. The van der Waals surface area contributed by atoms with Crippen LogP contribution in [0.15, 0.2) is 30.3 Å². The molecule has 0 amide bonds. The van der Waals surface area contributed by atoms with E-state index in [4.69, 9.17) is 4.74 Å². The normalized spacial score (nSPS) is 16.3. The monoisotopic (exact) mass is 264 g/mol. The highest BCUT2D eigenvalue weighted by molar-refractivity contribution is 5.18. The summed E-state index contributed by atoms with van der Waals surface area (Å²) in [5.74, 6) is 0.846. The maximum absolute atomic E-state index is 10.5. The molecule has 0 heterocycles. The summed E-state index contributed by atoms with van der Waals surface area (Å²) in [6.45, 7) is 9.31. The van der Waals surface area contributed by atoms with Gasteiger partial charge in [0, 0.05) is 6.61 Å². The SMILES string of the molecule is CCCC(C)COC(C(C)C)C(O)c1ccccc1. The predicted octanol–water partition coefficient (Wildman–Crippen LogP) is 4.20. The van der Waals surface area contributed by atoms with Crippen molar-refractivity contribution in [1.82, 2.24) is 0 Å². The number of hydrogen-bond acceptors (Lipinski definition) is 2. The Bertz CT molecular complexity index is 334. The number of ether oxygens (including phenoxy) is 1. The molecule has 3 atom stereocenters. The van der Waals surface area contributed by atoms with Crippen LogP contribution in [0.1, 0.15) is 52.2 Å². The summed E-state index contributed by atoms with van der Waals surface area (Å²) in [5.41, 5.74) is 0.935. The molecule has 0 saturated carbocycles. The van der Waals surface area contributed by atoms with Crippen molar-refractivity contribution >= 4 is 0 Å². The molecule has 0 aliphatic heterocycles. The molecule has 0 radical (unpaired) electrons. The summed E-state index contributed by atoms with van der Waals surface area (Å²) in [6.07, 6.45) is 1.67. The van der Waals surface area contributed by atoms with E-state index in [-0.39, 0.29) is 6.10 Å². The Hall–Kier alpha value is -0.860. The second-order valence-corrected chi connectivity index (χ2v) is 5.79. The van der Waals surface area contributed by atoms with Gasteiger partial charge in [-0.25, -0.2) is 0 Å². The van der Waals surface area contributed by atoms with Gasteiger partial charge in [-0.2, -0.15) is 0 Å². The molecule has 0 aromatic heterocycles. The van der Waals surface area contributed by atoms with Crippen LogP contribution in [0.25, 0.3) is 0 Å². The fourth-order valence-corrected chi connectivity index (χ4v) is 2.34. The van der Waals surface area contributed by atoms with E-state index in [0.29, 0.717) is 11.8 Å². The summed E-state index contributed by atoms with van der Waals surface area (Å²) >= 11 is 0. The first-order valence-electron chi connectivity index (χ1n) is 7.40. The lowest BCUT2D eigenvalue weighted by atomic mass is 9.95. The molecular weight excluding hydrogens is 236 g/mol. The largest absolute Gasteiger partial charge is 0.386 e. The molecule has 2 nitrogen and oxygen atoms in total. The zero-order chi connectivity index (χ0) is 14.3. The highest BCUT2D eigenvalue weighted by Crippen LogP contribution is 2.25. The molecule has 0 aliphatic rings. The third-order valence-electron chi connectivity index (χ3n) is 3.46. The van der Waals surface area contributed by atoms with E-state index in [1.165, 1.54) is 12.8 Å². The lowest BCUT2D eigenvalue weighted by Crippen LogP contribution is -2.29. The van der Waals surface area contributed by atoms with E-state index >= 15 is 0 Å². The average molecular weight is 264 g/mol. The highest BCUT2D eigenvalue weighted by atomic mass is 16.5. The summed E-state index contributed by atoms with van der Waals surface area (Å²) < 4.78 is 5.98. The van der Waals surface area contributed by atoms with E-state index in [9.17, 15) is 5.11 Å². The van der Waals surface area contributed by atoms with E-state index in [0.717, 1.165) is 12.2 Å². The van der Waals surface area contributed by atoms with E-state index in [1.54, 1.807) is 0 Å². The van der Waals surface area contributed by atoms with Crippen molar-refractivity contribution in [3.8, 4) is 0 Å². The van der Waals surface area contributed by atoms with Gasteiger partial charge in [0.15, 0.2) is 0 Å². The van der Waals surface area contributed by atoms with Crippen LogP contribution in [0, 0.1) is 11.8 Å². The zero-order valence-corrected chi connectivity index (χ0v) is 12.7. The average Bonchev–Trinajstić information content (AvgIpc) is 2.39. The first-order chi connectivity index (χ1) is 9.06. The Morgan fingerprint density at radius 1 is 1.11 bits per heavy atom. The Balaban J connectivity index is 2.62. The standard InChI is InChI=1S/C17H28O2/c1-5-9-14(4)12-19-17(13(2)3)16(18)15-10-7-6-8-11-15/h6-8,10-11,13-14,16-18H,5,9,12H2,1-4H3. The van der Waals surface area contributed by atoms with Crippen LogP contribution >= 0.6 is 0 Å². The third-order valence-corrected chi connectivity index (χ3v) is 3.46. The lowest BCUT2D eigenvalue weighted by Gasteiger charge is -2.28. The first-order valence-corrected chi connectivity index (χ1v) is 7.40. The van der Waals surface area contributed by atoms with Crippen LogP contribution in [-0.2, 0) is 4.74 Å². The highest BCUT2D eigenvalue weighted by Gasteiger charge is 2.25. The maximum Gasteiger partial charge on any atom is 0.105 e. The van der Waals surface area contributed by atoms with E-state index < -0.39 is 6.10 Å². The summed E-state index contributed by atoms with van der Waals surface area (Å²) in [6, 6.07) is 9.79. The number of aliphatic hydroxyl groups is 1. The van der Waals surface area contributed by atoms with Gasteiger partial charge >= 0.3 is 0 Å².